The molecule has 0 spiro atoms. The van der Waals surface area contributed by atoms with Crippen molar-refractivity contribution in [2.24, 2.45) is 34.5 Å². The highest BCUT2D eigenvalue weighted by atomic mass is 14.7. The fraction of sp³-hybridized carbons (Fsp3) is 0.579. The fourth-order valence-corrected chi connectivity index (χ4v) is 5.64. The van der Waals surface area contributed by atoms with Gasteiger partial charge in [0.1, 0.15) is 0 Å². The summed E-state index contributed by atoms with van der Waals surface area (Å²) in [5.41, 5.74) is -0.262. The van der Waals surface area contributed by atoms with Gasteiger partial charge >= 0.3 is 0 Å². The zero-order valence-corrected chi connectivity index (χ0v) is 12.8. The average molecular weight is 300 g/mol. The third kappa shape index (κ3) is 1.30. The Labute approximate surface area is 135 Å². The van der Waals surface area contributed by atoms with Gasteiger partial charge in [-0.25, -0.2) is 0 Å². The van der Waals surface area contributed by atoms with E-state index in [1.54, 1.807) is 0 Å². The second-order valence-electron chi connectivity index (χ2n) is 7.16. The third-order valence-electron chi connectivity index (χ3n) is 6.62. The summed E-state index contributed by atoms with van der Waals surface area (Å²) in [7, 11) is 0. The summed E-state index contributed by atoms with van der Waals surface area (Å²) in [4.78, 5) is 0. The molecule has 0 N–H and O–H groups in total. The number of allylic oxidation sites excluding steroid dienone is 4. The van der Waals surface area contributed by atoms with E-state index in [-0.39, 0.29) is 23.7 Å². The largest absolute Gasteiger partial charge is 0.196 e. The normalized spacial score (nSPS) is 37.7. The van der Waals surface area contributed by atoms with Gasteiger partial charge in [-0.2, -0.15) is 21.0 Å². The van der Waals surface area contributed by atoms with E-state index in [1.807, 2.05) is 12.2 Å². The lowest BCUT2D eigenvalue weighted by Crippen LogP contribution is -2.63. The molecule has 0 aromatic carbocycles. The van der Waals surface area contributed by atoms with Gasteiger partial charge < -0.3 is 0 Å². The summed E-state index contributed by atoms with van der Waals surface area (Å²) >= 11 is 0. The maximum absolute atomic E-state index is 9.82. The first-order valence-corrected chi connectivity index (χ1v) is 8.26. The van der Waals surface area contributed by atoms with Crippen LogP contribution in [-0.2, 0) is 0 Å². The molecule has 23 heavy (non-hydrogen) atoms. The highest BCUT2D eigenvalue weighted by Crippen LogP contribution is 2.71. The lowest BCUT2D eigenvalue weighted by atomic mass is 9.36. The SMILES string of the molecule is N#CC1(C#N)[C@H]2C=C[C@@H]([C@H]3C4=C(CCCCC4)[C@H]32)C1(C#N)C#N. The predicted octanol–water partition coefficient (Wildman–Crippen LogP) is 3.38. The molecule has 0 radical (unpaired) electrons. The molecule has 112 valence electrons. The van der Waals surface area contributed by atoms with E-state index in [2.05, 4.69) is 24.3 Å². The van der Waals surface area contributed by atoms with E-state index in [1.165, 1.54) is 17.6 Å². The molecule has 1 fully saturated rings. The average Bonchev–Trinajstić information content (AvgIpc) is 2.80. The number of hydrogen-bond donors (Lipinski definition) is 0. The van der Waals surface area contributed by atoms with Crippen LogP contribution in [-0.4, -0.2) is 0 Å². The van der Waals surface area contributed by atoms with E-state index < -0.39 is 10.8 Å². The van der Waals surface area contributed by atoms with Crippen molar-refractivity contribution in [3.63, 3.8) is 0 Å². The van der Waals surface area contributed by atoms with Crippen LogP contribution >= 0.6 is 0 Å². The lowest BCUT2D eigenvalue weighted by Gasteiger charge is -2.62. The van der Waals surface area contributed by atoms with Crippen molar-refractivity contribution in [3.8, 4) is 24.3 Å². The van der Waals surface area contributed by atoms with Crippen LogP contribution in [0.25, 0.3) is 0 Å². The molecule has 0 amide bonds. The summed E-state index contributed by atoms with van der Waals surface area (Å²) in [6.45, 7) is 0. The molecule has 0 aromatic heterocycles. The topological polar surface area (TPSA) is 95.2 Å². The highest BCUT2D eigenvalue weighted by molar-refractivity contribution is 5.53. The molecule has 0 saturated heterocycles. The summed E-state index contributed by atoms with van der Waals surface area (Å²) in [5, 5.41) is 39.3. The van der Waals surface area contributed by atoms with Crippen molar-refractivity contribution >= 4 is 0 Å². The zero-order valence-electron chi connectivity index (χ0n) is 12.8. The minimum absolute atomic E-state index is 0.187. The van der Waals surface area contributed by atoms with Crippen molar-refractivity contribution in [2.75, 3.05) is 0 Å². The molecule has 1 saturated carbocycles. The Bertz CT molecular complexity index is 710. The minimum Gasteiger partial charge on any atom is -0.196 e. The first-order chi connectivity index (χ1) is 11.2. The molecule has 5 rings (SSSR count). The number of fused-ring (bicyclic) bond motifs is 1. The zero-order chi connectivity index (χ0) is 16.2. The summed E-state index contributed by atoms with van der Waals surface area (Å²) < 4.78 is 0. The van der Waals surface area contributed by atoms with Gasteiger partial charge in [-0.15, -0.1) is 0 Å². The molecule has 5 aliphatic carbocycles. The smallest absolute Gasteiger partial charge is 0.182 e. The molecule has 0 heterocycles. The molecule has 0 aromatic rings. The van der Waals surface area contributed by atoms with E-state index >= 15 is 0 Å². The monoisotopic (exact) mass is 300 g/mol. The van der Waals surface area contributed by atoms with Crippen LogP contribution in [0.15, 0.2) is 23.3 Å². The van der Waals surface area contributed by atoms with E-state index in [4.69, 9.17) is 0 Å². The Morgan fingerprint density at radius 1 is 0.696 bits per heavy atom. The van der Waals surface area contributed by atoms with Crippen LogP contribution < -0.4 is 0 Å². The highest BCUT2D eigenvalue weighted by Gasteiger charge is 2.74. The second kappa shape index (κ2) is 4.47. The maximum Gasteiger partial charge on any atom is 0.182 e. The van der Waals surface area contributed by atoms with Crippen molar-refractivity contribution in [1.29, 1.82) is 21.0 Å². The number of nitrogens with zero attached hydrogens (tertiary/aromatic N) is 4. The van der Waals surface area contributed by atoms with Gasteiger partial charge in [-0.3, -0.25) is 0 Å². The first-order valence-electron chi connectivity index (χ1n) is 8.26. The number of rotatable bonds is 0. The third-order valence-corrected chi connectivity index (χ3v) is 6.62. The van der Waals surface area contributed by atoms with Crippen LogP contribution in [0.2, 0.25) is 0 Å². The fourth-order valence-electron chi connectivity index (χ4n) is 5.64. The summed E-state index contributed by atoms with van der Waals surface area (Å²) in [5.74, 6) is -0.285. The van der Waals surface area contributed by atoms with Crippen LogP contribution in [0.5, 0.6) is 0 Å². The van der Waals surface area contributed by atoms with Gasteiger partial charge in [0, 0.05) is 11.8 Å². The minimum atomic E-state index is -1.55. The Kier molecular flexibility index (Phi) is 2.73. The molecule has 4 nitrogen and oxygen atoms in total. The quantitative estimate of drug-likeness (QED) is 0.641. The molecular weight excluding hydrogens is 284 g/mol. The molecule has 0 aliphatic heterocycles. The lowest BCUT2D eigenvalue weighted by molar-refractivity contribution is -0.00922. The van der Waals surface area contributed by atoms with Crippen molar-refractivity contribution in [2.45, 2.75) is 32.1 Å². The van der Waals surface area contributed by atoms with Crippen LogP contribution in [0, 0.1) is 79.8 Å². The van der Waals surface area contributed by atoms with Gasteiger partial charge in [0.25, 0.3) is 0 Å². The first kappa shape index (κ1) is 14.1. The van der Waals surface area contributed by atoms with Gasteiger partial charge in [0.05, 0.1) is 24.3 Å². The predicted molar refractivity (Wildman–Crippen MR) is 80.5 cm³/mol. The Morgan fingerprint density at radius 3 is 1.43 bits per heavy atom. The van der Waals surface area contributed by atoms with Gasteiger partial charge in [0.2, 0.25) is 0 Å². The van der Waals surface area contributed by atoms with Crippen molar-refractivity contribution in [1.82, 2.24) is 0 Å². The second-order valence-corrected chi connectivity index (χ2v) is 7.16. The Morgan fingerprint density at radius 2 is 1.09 bits per heavy atom. The number of hydrogen-bond acceptors (Lipinski definition) is 4. The Balaban J connectivity index is 1.94. The van der Waals surface area contributed by atoms with Crippen LogP contribution in [0.4, 0.5) is 0 Å². The van der Waals surface area contributed by atoms with Crippen molar-refractivity contribution in [3.05, 3.63) is 23.3 Å². The van der Waals surface area contributed by atoms with E-state index in [0.29, 0.717) is 0 Å². The Hall–Kier alpha value is -2.56. The molecular formula is C19H16N4. The standard InChI is InChI=1S/C19H16N4/c20-8-18(9-21)14-6-7-15(19(18,10-22)11-23)17-13-5-3-1-2-4-12(13)16(14)17/h6-7,14-17H,1-5H2/t14-,15-,16-,17+/m0/s1. The maximum atomic E-state index is 9.82. The van der Waals surface area contributed by atoms with Crippen LogP contribution in [0.3, 0.4) is 0 Å². The van der Waals surface area contributed by atoms with Gasteiger partial charge in [0.15, 0.2) is 10.8 Å². The van der Waals surface area contributed by atoms with Gasteiger partial charge in [-0.05, 0) is 37.5 Å². The van der Waals surface area contributed by atoms with Crippen LogP contribution in [0.1, 0.15) is 32.1 Å². The molecule has 0 unspecified atom stereocenters. The molecule has 5 aliphatic rings. The number of nitriles is 4. The van der Waals surface area contributed by atoms with E-state index in [0.717, 1.165) is 25.7 Å². The van der Waals surface area contributed by atoms with Crippen molar-refractivity contribution < 1.29 is 0 Å². The summed E-state index contributed by atoms with van der Waals surface area (Å²) in [6, 6.07) is 8.43. The molecule has 4 heteroatoms. The molecule has 4 atom stereocenters. The molecule has 2 bridgehead atoms. The summed E-state index contributed by atoms with van der Waals surface area (Å²) in [6.07, 6.45) is 9.52. The van der Waals surface area contributed by atoms with E-state index in [9.17, 15) is 21.0 Å². The van der Waals surface area contributed by atoms with Gasteiger partial charge in [-0.1, -0.05) is 29.7 Å².